The van der Waals surface area contributed by atoms with Crippen molar-refractivity contribution in [2.24, 2.45) is 0 Å². The zero-order valence-electron chi connectivity index (χ0n) is 65.6. The first-order chi connectivity index (χ1) is 52.2. The molecule has 16 aromatic rings. The highest BCUT2D eigenvalue weighted by Gasteiger charge is 2.46. The zero-order valence-corrected chi connectivity index (χ0v) is 65.6. The number of benzene rings is 14. The first-order valence-corrected chi connectivity index (χ1v) is 39.0. The molecule has 0 fully saturated rings. The summed E-state index contributed by atoms with van der Waals surface area (Å²) in [6.45, 7) is 34.9. The maximum atomic E-state index is 6.90. The monoisotopic (exact) mass is 1410 g/mol. The maximum Gasteiger partial charge on any atom is 0.252 e. The molecule has 5 heteroatoms. The molecule has 0 saturated heterocycles. The van der Waals surface area contributed by atoms with Gasteiger partial charge in [0.1, 0.15) is 11.2 Å². The minimum Gasteiger partial charge on any atom is -0.456 e. The second-order valence-corrected chi connectivity index (χ2v) is 35.8. The van der Waals surface area contributed by atoms with Crippen LogP contribution in [0.2, 0.25) is 0 Å². The Balaban J connectivity index is 1.04. The van der Waals surface area contributed by atoms with Crippen LogP contribution >= 0.6 is 0 Å². The van der Waals surface area contributed by atoms with Gasteiger partial charge < -0.3 is 18.8 Å². The van der Waals surface area contributed by atoms with Gasteiger partial charge in [-0.05, 0) is 224 Å². The lowest BCUT2D eigenvalue weighted by molar-refractivity contribution is 0.569. The summed E-state index contributed by atoms with van der Waals surface area (Å²) in [4.78, 5) is 5.37. The molecule has 534 valence electrons. The maximum absolute atomic E-state index is 6.90. The average molecular weight is 1410 g/mol. The van der Waals surface area contributed by atoms with Crippen LogP contribution in [0.4, 0.5) is 34.1 Å². The summed E-state index contributed by atoms with van der Waals surface area (Å²) in [5.74, 6) is 0. The van der Waals surface area contributed by atoms with Crippen LogP contribution in [0, 0.1) is 0 Å². The third-order valence-corrected chi connectivity index (χ3v) is 23.3. The van der Waals surface area contributed by atoms with Crippen molar-refractivity contribution < 1.29 is 4.42 Å². The smallest absolute Gasteiger partial charge is 0.252 e. The second-order valence-electron chi connectivity index (χ2n) is 35.8. The minimum atomic E-state index is -0.286. The molecular formula is C104H94BN3O. The van der Waals surface area contributed by atoms with Crippen molar-refractivity contribution in [2.75, 3.05) is 9.80 Å². The Hall–Kier alpha value is -11.7. The van der Waals surface area contributed by atoms with Crippen LogP contribution < -0.4 is 26.2 Å². The lowest BCUT2D eigenvalue weighted by Gasteiger charge is -2.45. The van der Waals surface area contributed by atoms with Crippen LogP contribution in [0.5, 0.6) is 0 Å². The minimum absolute atomic E-state index is 0.0712. The molecule has 0 unspecified atom stereocenters. The van der Waals surface area contributed by atoms with E-state index >= 15 is 0 Å². The van der Waals surface area contributed by atoms with E-state index in [0.29, 0.717) is 0 Å². The van der Waals surface area contributed by atoms with Gasteiger partial charge in [0, 0.05) is 66.8 Å². The summed E-state index contributed by atoms with van der Waals surface area (Å²) in [5, 5.41) is 4.68. The third kappa shape index (κ3) is 12.0. The van der Waals surface area contributed by atoms with E-state index in [4.69, 9.17) is 4.42 Å². The lowest BCUT2D eigenvalue weighted by atomic mass is 9.33. The number of anilines is 6. The number of fused-ring (bicyclic) bond motifs is 10. The zero-order chi connectivity index (χ0) is 75.4. The molecule has 2 aromatic heterocycles. The molecular weight excluding hydrogens is 1320 g/mol. The van der Waals surface area contributed by atoms with Gasteiger partial charge in [-0.1, -0.05) is 304 Å². The fourth-order valence-corrected chi connectivity index (χ4v) is 17.2. The number of rotatable bonds is 9. The lowest BCUT2D eigenvalue weighted by Crippen LogP contribution is -2.61. The highest BCUT2D eigenvalue weighted by Crippen LogP contribution is 2.55. The highest BCUT2D eigenvalue weighted by atomic mass is 16.3. The molecule has 0 aliphatic carbocycles. The van der Waals surface area contributed by atoms with Crippen molar-refractivity contribution in [1.29, 1.82) is 0 Å². The SMILES string of the molecule is CC(C)(C)c1cc(-c2ccc3c(c2)B2c4ccc(-n5c6ccc(C(C)(C)C)cc6c6cc(C(C)(C)C)ccc65)cc4N(c4c(-c5ccccc5)cc(C(C)(C)C)cc4-c4ccccc4)c4cc(-c5cccc6oc7ccccc7c56)cc(c42)N3c2cc(-c3ccccc3)cc(-c3ccccc3)c2)cc(C(C)(C)C)c1. The number of furan rings is 1. The van der Waals surface area contributed by atoms with Gasteiger partial charge in [-0.3, -0.25) is 0 Å². The molecule has 14 aromatic carbocycles. The first-order valence-electron chi connectivity index (χ1n) is 39.0. The first kappa shape index (κ1) is 69.1. The number of hydrogen-bond acceptors (Lipinski definition) is 3. The molecule has 2 aliphatic rings. The van der Waals surface area contributed by atoms with Crippen LogP contribution in [-0.4, -0.2) is 11.3 Å². The number of hydrogen-bond donors (Lipinski definition) is 0. The highest BCUT2D eigenvalue weighted by molar-refractivity contribution is 7.00. The van der Waals surface area contributed by atoms with Gasteiger partial charge in [0.15, 0.2) is 0 Å². The standard InChI is InChI=1S/C104H94BN3O/c1-100(2,3)74-44-49-89-85(60-74)86-61-75(101(4,5)6)45-50-90(86)106(89)79-46-47-87-92(64-79)108(99-83(67-35-24-18-25-36-67)62-78(104(13,14)15)63-84(99)68-37-26-19-27-38-68)94-58-73(81-40-30-42-96-97(81)82-39-28-29-41-95(82)109-96)57-93-98(94)105(87)88-56-69(72-52-76(102(7,8)9)59-77(53-72)103(10,11)12)43-48-91(88)107(93)80-54-70(65-31-20-16-21-32-65)51-71(55-80)66-33-22-17-23-34-66/h16-64H,1-15H3. The van der Waals surface area contributed by atoms with Gasteiger partial charge >= 0.3 is 0 Å². The summed E-state index contributed by atoms with van der Waals surface area (Å²) < 4.78 is 9.46. The summed E-state index contributed by atoms with van der Waals surface area (Å²) in [6.07, 6.45) is 0. The third-order valence-electron chi connectivity index (χ3n) is 23.3. The van der Waals surface area contributed by atoms with Crippen molar-refractivity contribution >= 4 is 101 Å². The predicted octanol–water partition coefficient (Wildman–Crippen LogP) is 27.3. The normalized spacial score (nSPS) is 13.2. The van der Waals surface area contributed by atoms with E-state index in [1.54, 1.807) is 0 Å². The number of aromatic nitrogens is 1. The largest absolute Gasteiger partial charge is 0.456 e. The van der Waals surface area contributed by atoms with E-state index in [9.17, 15) is 0 Å². The second kappa shape index (κ2) is 25.5. The topological polar surface area (TPSA) is 24.6 Å². The van der Waals surface area contributed by atoms with Crippen LogP contribution in [-0.2, 0) is 27.1 Å². The molecule has 4 nitrogen and oxygen atoms in total. The molecule has 4 heterocycles. The quantitative estimate of drug-likeness (QED) is 0.135. The van der Waals surface area contributed by atoms with E-state index in [0.717, 1.165) is 117 Å². The van der Waals surface area contributed by atoms with Crippen molar-refractivity contribution in [3.05, 3.63) is 325 Å². The summed E-state index contributed by atoms with van der Waals surface area (Å²) in [7, 11) is 0. The summed E-state index contributed by atoms with van der Waals surface area (Å²) in [6, 6.07) is 114. The van der Waals surface area contributed by atoms with Crippen molar-refractivity contribution in [3.8, 4) is 72.4 Å². The van der Waals surface area contributed by atoms with Crippen molar-refractivity contribution in [2.45, 2.75) is 131 Å². The van der Waals surface area contributed by atoms with Gasteiger partial charge in [0.05, 0.1) is 16.7 Å². The fourth-order valence-electron chi connectivity index (χ4n) is 17.2. The average Bonchev–Trinajstić information content (AvgIpc) is 0.817. The summed E-state index contributed by atoms with van der Waals surface area (Å²) in [5.41, 5.74) is 35.1. The Kier molecular flexibility index (Phi) is 16.2. The van der Waals surface area contributed by atoms with Crippen LogP contribution in [0.25, 0.3) is 116 Å². The Morgan fingerprint density at radius 3 is 1.27 bits per heavy atom. The Labute approximate surface area is 644 Å². The van der Waals surface area contributed by atoms with E-state index in [-0.39, 0.29) is 33.8 Å². The van der Waals surface area contributed by atoms with E-state index in [1.165, 1.54) is 77.1 Å². The van der Waals surface area contributed by atoms with Gasteiger partial charge in [-0.2, -0.15) is 0 Å². The van der Waals surface area contributed by atoms with E-state index < -0.39 is 0 Å². The van der Waals surface area contributed by atoms with E-state index in [1.807, 2.05) is 0 Å². The molecule has 18 rings (SSSR count). The molecule has 0 spiro atoms. The fraction of sp³-hybridized carbons (Fsp3) is 0.192. The van der Waals surface area contributed by atoms with Crippen molar-refractivity contribution in [1.82, 2.24) is 4.57 Å². The molecule has 0 N–H and O–H groups in total. The van der Waals surface area contributed by atoms with Crippen LogP contribution in [0.3, 0.4) is 0 Å². The van der Waals surface area contributed by atoms with Gasteiger partial charge in [0.2, 0.25) is 0 Å². The van der Waals surface area contributed by atoms with Crippen molar-refractivity contribution in [3.63, 3.8) is 0 Å². The molecule has 109 heavy (non-hydrogen) atoms. The molecule has 2 aliphatic heterocycles. The van der Waals surface area contributed by atoms with Gasteiger partial charge in [0.25, 0.3) is 6.71 Å². The van der Waals surface area contributed by atoms with Gasteiger partial charge in [-0.15, -0.1) is 0 Å². The Morgan fingerprint density at radius 1 is 0.257 bits per heavy atom. The van der Waals surface area contributed by atoms with E-state index in [2.05, 4.69) is 415 Å². The molecule has 0 atom stereocenters. The van der Waals surface area contributed by atoms with Gasteiger partial charge in [-0.25, -0.2) is 0 Å². The van der Waals surface area contributed by atoms with Crippen LogP contribution in [0.15, 0.2) is 302 Å². The molecule has 0 amide bonds. The summed E-state index contributed by atoms with van der Waals surface area (Å²) >= 11 is 0. The number of para-hydroxylation sites is 1. The number of nitrogens with zero attached hydrogens (tertiary/aromatic N) is 3. The molecule has 0 bridgehead atoms. The Bertz CT molecular complexity index is 6080. The van der Waals surface area contributed by atoms with Crippen LogP contribution in [0.1, 0.15) is 132 Å². The predicted molar refractivity (Wildman–Crippen MR) is 468 cm³/mol. The molecule has 0 saturated carbocycles. The Morgan fingerprint density at radius 2 is 0.734 bits per heavy atom. The molecule has 0 radical (unpaired) electrons.